The van der Waals surface area contributed by atoms with Crippen LogP contribution in [0.5, 0.6) is 0 Å². The van der Waals surface area contributed by atoms with E-state index in [1.165, 1.54) is 12.4 Å². The molecule has 5 nitrogen and oxygen atoms in total. The smallest absolute Gasteiger partial charge is 0.435 e. The third-order valence-electron chi connectivity index (χ3n) is 2.67. The van der Waals surface area contributed by atoms with Crippen LogP contribution in [-0.4, -0.2) is 25.7 Å². The first kappa shape index (κ1) is 13.3. The van der Waals surface area contributed by atoms with Gasteiger partial charge in [-0.15, -0.1) is 0 Å². The van der Waals surface area contributed by atoms with Crippen molar-refractivity contribution in [2.75, 3.05) is 0 Å². The fourth-order valence-electron chi connectivity index (χ4n) is 1.66. The van der Waals surface area contributed by atoms with Crippen LogP contribution in [0.3, 0.4) is 0 Å². The minimum absolute atomic E-state index is 0.0681. The first-order valence-electron chi connectivity index (χ1n) is 5.41. The lowest BCUT2D eigenvalue weighted by atomic mass is 10.0. The number of rotatable bonds is 3. The van der Waals surface area contributed by atoms with Gasteiger partial charge in [-0.2, -0.15) is 18.3 Å². The van der Waals surface area contributed by atoms with Crippen LogP contribution in [0.15, 0.2) is 18.5 Å². The summed E-state index contributed by atoms with van der Waals surface area (Å²) in [5.41, 5.74) is -0.437. The Labute approximate surface area is 105 Å². The maximum absolute atomic E-state index is 12.5. The van der Waals surface area contributed by atoms with E-state index >= 15 is 0 Å². The van der Waals surface area contributed by atoms with Crippen LogP contribution < -0.4 is 0 Å². The van der Waals surface area contributed by atoms with Gasteiger partial charge < -0.3 is 5.11 Å². The van der Waals surface area contributed by atoms with Gasteiger partial charge in [0.25, 0.3) is 0 Å². The quantitative estimate of drug-likeness (QED) is 0.931. The molecular formula is C11H10F3N3O2. The monoisotopic (exact) mass is 273 g/mol. The highest BCUT2D eigenvalue weighted by molar-refractivity contribution is 5.67. The van der Waals surface area contributed by atoms with Gasteiger partial charge in [0, 0.05) is 18.5 Å². The van der Waals surface area contributed by atoms with Gasteiger partial charge in [-0.3, -0.25) is 4.79 Å². The Morgan fingerprint density at radius 1 is 1.53 bits per heavy atom. The van der Waals surface area contributed by atoms with Crippen molar-refractivity contribution in [3.05, 3.63) is 29.7 Å². The molecule has 102 valence electrons. The number of nitrogens with zero attached hydrogens (tertiary/aromatic N) is 3. The van der Waals surface area contributed by atoms with Crippen molar-refractivity contribution in [2.45, 2.75) is 25.4 Å². The SMILES string of the molecule is CC(CC(=O)O)c1cnc2cc(C(F)(F)F)nn2c1. The molecule has 1 atom stereocenters. The van der Waals surface area contributed by atoms with Gasteiger partial charge in [-0.05, 0) is 11.5 Å². The fraction of sp³-hybridized carbons (Fsp3) is 0.364. The topological polar surface area (TPSA) is 67.5 Å². The van der Waals surface area contributed by atoms with E-state index in [0.29, 0.717) is 5.56 Å². The Bertz CT molecular complexity index is 621. The second kappa shape index (κ2) is 4.52. The van der Waals surface area contributed by atoms with Crippen molar-refractivity contribution in [1.29, 1.82) is 0 Å². The molecule has 0 aliphatic carbocycles. The van der Waals surface area contributed by atoms with E-state index in [1.54, 1.807) is 6.92 Å². The average molecular weight is 273 g/mol. The van der Waals surface area contributed by atoms with Gasteiger partial charge in [0.05, 0.1) is 6.42 Å². The summed E-state index contributed by atoms with van der Waals surface area (Å²) in [4.78, 5) is 14.4. The summed E-state index contributed by atoms with van der Waals surface area (Å²) in [5.74, 6) is -1.34. The van der Waals surface area contributed by atoms with Crippen LogP contribution >= 0.6 is 0 Å². The molecule has 2 heterocycles. The number of fused-ring (bicyclic) bond motifs is 1. The van der Waals surface area contributed by atoms with Crippen molar-refractivity contribution < 1.29 is 23.1 Å². The highest BCUT2D eigenvalue weighted by Gasteiger charge is 2.34. The molecule has 2 rings (SSSR count). The summed E-state index contributed by atoms with van der Waals surface area (Å²) in [6.07, 6.45) is -1.92. The molecule has 1 unspecified atom stereocenters. The number of carboxylic acids is 1. The number of aliphatic carboxylic acids is 1. The zero-order valence-corrected chi connectivity index (χ0v) is 9.85. The lowest BCUT2D eigenvalue weighted by molar-refractivity contribution is -0.141. The molecular weight excluding hydrogens is 263 g/mol. The maximum atomic E-state index is 12.5. The average Bonchev–Trinajstić information content (AvgIpc) is 2.69. The van der Waals surface area contributed by atoms with Gasteiger partial charge >= 0.3 is 12.1 Å². The number of alkyl halides is 3. The number of hydrogen-bond acceptors (Lipinski definition) is 3. The molecule has 0 aliphatic rings. The Hall–Kier alpha value is -2.12. The number of aromatic nitrogens is 3. The zero-order chi connectivity index (χ0) is 14.2. The highest BCUT2D eigenvalue weighted by Crippen LogP contribution is 2.28. The van der Waals surface area contributed by atoms with Crippen molar-refractivity contribution >= 4 is 11.6 Å². The summed E-state index contributed by atoms with van der Waals surface area (Å²) in [7, 11) is 0. The molecule has 0 fully saturated rings. The van der Waals surface area contributed by atoms with Crippen LogP contribution in [0.1, 0.15) is 30.5 Å². The third-order valence-corrected chi connectivity index (χ3v) is 2.67. The third kappa shape index (κ3) is 2.83. The number of carbonyl (C=O) groups is 1. The lowest BCUT2D eigenvalue weighted by Crippen LogP contribution is -2.07. The van der Waals surface area contributed by atoms with E-state index in [-0.39, 0.29) is 18.0 Å². The minimum Gasteiger partial charge on any atom is -0.481 e. The summed E-state index contributed by atoms with van der Waals surface area (Å²) < 4.78 is 38.4. The van der Waals surface area contributed by atoms with Crippen LogP contribution in [0, 0.1) is 0 Å². The molecule has 0 radical (unpaired) electrons. The lowest BCUT2D eigenvalue weighted by Gasteiger charge is -2.08. The van der Waals surface area contributed by atoms with Crippen molar-refractivity contribution in [3.8, 4) is 0 Å². The molecule has 8 heteroatoms. The molecule has 2 aromatic rings. The van der Waals surface area contributed by atoms with Crippen molar-refractivity contribution in [3.63, 3.8) is 0 Å². The number of carboxylic acid groups (broad SMARTS) is 1. The Kier molecular flexibility index (Phi) is 3.17. The molecule has 0 aromatic carbocycles. The van der Waals surface area contributed by atoms with Crippen molar-refractivity contribution in [2.24, 2.45) is 0 Å². The van der Waals surface area contributed by atoms with E-state index in [0.717, 1.165) is 10.6 Å². The van der Waals surface area contributed by atoms with Crippen molar-refractivity contribution in [1.82, 2.24) is 14.6 Å². The normalized spacial score (nSPS) is 13.7. The summed E-state index contributed by atoms with van der Waals surface area (Å²) in [6, 6.07) is 0.839. The summed E-state index contributed by atoms with van der Waals surface area (Å²) in [5, 5.41) is 12.1. The molecule has 2 aromatic heterocycles. The van der Waals surface area contributed by atoms with E-state index in [2.05, 4.69) is 10.1 Å². The van der Waals surface area contributed by atoms with Crippen LogP contribution in [0.2, 0.25) is 0 Å². The highest BCUT2D eigenvalue weighted by atomic mass is 19.4. The van der Waals surface area contributed by atoms with Crippen LogP contribution in [-0.2, 0) is 11.0 Å². The molecule has 0 spiro atoms. The Morgan fingerprint density at radius 3 is 2.79 bits per heavy atom. The first-order chi connectivity index (χ1) is 8.77. The molecule has 1 N–H and O–H groups in total. The summed E-state index contributed by atoms with van der Waals surface area (Å²) >= 11 is 0. The predicted molar refractivity (Wildman–Crippen MR) is 58.7 cm³/mol. The maximum Gasteiger partial charge on any atom is 0.435 e. The molecule has 0 amide bonds. The van der Waals surface area contributed by atoms with Gasteiger partial charge in [-0.1, -0.05) is 6.92 Å². The van der Waals surface area contributed by atoms with E-state index in [1.807, 2.05) is 0 Å². The van der Waals surface area contributed by atoms with Gasteiger partial charge in [0.15, 0.2) is 11.3 Å². The van der Waals surface area contributed by atoms with Gasteiger partial charge in [0.1, 0.15) is 0 Å². The van der Waals surface area contributed by atoms with E-state index in [4.69, 9.17) is 5.11 Å². The van der Waals surface area contributed by atoms with Crippen LogP contribution in [0.4, 0.5) is 13.2 Å². The second-order valence-corrected chi connectivity index (χ2v) is 4.22. The molecule has 0 saturated heterocycles. The molecule has 0 bridgehead atoms. The van der Waals surface area contributed by atoms with Gasteiger partial charge in [-0.25, -0.2) is 9.50 Å². The van der Waals surface area contributed by atoms with Gasteiger partial charge in [0.2, 0.25) is 0 Å². The first-order valence-corrected chi connectivity index (χ1v) is 5.41. The summed E-state index contributed by atoms with van der Waals surface area (Å²) in [6.45, 7) is 1.66. The number of hydrogen-bond donors (Lipinski definition) is 1. The van der Waals surface area contributed by atoms with E-state index in [9.17, 15) is 18.0 Å². The number of halogens is 3. The minimum atomic E-state index is -4.53. The second-order valence-electron chi connectivity index (χ2n) is 4.22. The predicted octanol–water partition coefficient (Wildman–Crippen LogP) is 2.33. The Morgan fingerprint density at radius 2 is 2.21 bits per heavy atom. The largest absolute Gasteiger partial charge is 0.481 e. The molecule has 19 heavy (non-hydrogen) atoms. The standard InChI is InChI=1S/C11H10F3N3O2/c1-6(2-10(18)19)7-4-15-9-3-8(11(12,13)14)16-17(9)5-7/h3-6H,2H2,1H3,(H,18,19). The Balaban J connectivity index is 2.38. The van der Waals surface area contributed by atoms with E-state index < -0.39 is 17.8 Å². The molecule has 0 saturated carbocycles. The fourth-order valence-corrected chi connectivity index (χ4v) is 1.66. The van der Waals surface area contributed by atoms with Crippen LogP contribution in [0.25, 0.3) is 5.65 Å². The zero-order valence-electron chi connectivity index (χ0n) is 9.85. The molecule has 0 aliphatic heterocycles.